The normalized spacial score (nSPS) is 17.0. The molecule has 176 valence electrons. The van der Waals surface area contributed by atoms with Crippen molar-refractivity contribution < 1.29 is 4.79 Å². The largest absolute Gasteiger partial charge is 0.356 e. The van der Waals surface area contributed by atoms with Crippen LogP contribution < -0.4 is 15.1 Å². The Morgan fingerprint density at radius 2 is 1.56 bits per heavy atom. The summed E-state index contributed by atoms with van der Waals surface area (Å²) in [5.41, 5.74) is 2.35. The lowest BCUT2D eigenvalue weighted by atomic mass is 9.90. The minimum absolute atomic E-state index is 0.269. The van der Waals surface area contributed by atoms with E-state index in [2.05, 4.69) is 45.4 Å². The molecule has 1 N–H and O–H groups in total. The van der Waals surface area contributed by atoms with Crippen LogP contribution in [0, 0.1) is 0 Å². The predicted octanol–water partition coefficient (Wildman–Crippen LogP) is 5.76. The first-order valence-electron chi connectivity index (χ1n) is 12.2. The Labute approximate surface area is 206 Å². The van der Waals surface area contributed by atoms with Crippen molar-refractivity contribution in [2.24, 2.45) is 0 Å². The molecule has 2 saturated heterocycles. The van der Waals surface area contributed by atoms with Crippen LogP contribution in [0.2, 0.25) is 5.02 Å². The summed E-state index contributed by atoms with van der Waals surface area (Å²) in [6.07, 6.45) is 5.61. The Balaban J connectivity index is 1.39. The average molecular weight is 476 g/mol. The number of rotatable bonds is 5. The van der Waals surface area contributed by atoms with Gasteiger partial charge >= 0.3 is 0 Å². The molecule has 2 aliphatic rings. The van der Waals surface area contributed by atoms with Gasteiger partial charge in [0.15, 0.2) is 0 Å². The zero-order valence-corrected chi connectivity index (χ0v) is 20.0. The Hall–Kier alpha value is -3.12. The summed E-state index contributed by atoms with van der Waals surface area (Å²) in [6.45, 7) is 3.65. The third kappa shape index (κ3) is 5.17. The molecule has 1 aromatic heterocycles. The number of para-hydroxylation sites is 1. The summed E-state index contributed by atoms with van der Waals surface area (Å²) in [4.78, 5) is 27.3. The van der Waals surface area contributed by atoms with Crippen LogP contribution in [0.5, 0.6) is 0 Å². The predicted molar refractivity (Wildman–Crippen MR) is 138 cm³/mol. The van der Waals surface area contributed by atoms with Gasteiger partial charge in [-0.05, 0) is 55.7 Å². The molecular weight excluding hydrogens is 446 g/mol. The molecule has 0 spiro atoms. The van der Waals surface area contributed by atoms with Crippen molar-refractivity contribution in [2.45, 2.75) is 38.0 Å². The van der Waals surface area contributed by atoms with E-state index in [1.807, 2.05) is 18.2 Å². The molecule has 1 amide bonds. The molecule has 0 bridgehead atoms. The van der Waals surface area contributed by atoms with Crippen molar-refractivity contribution in [2.75, 3.05) is 41.3 Å². The fourth-order valence-corrected chi connectivity index (χ4v) is 5.03. The van der Waals surface area contributed by atoms with Gasteiger partial charge < -0.3 is 15.1 Å². The number of amides is 1. The summed E-state index contributed by atoms with van der Waals surface area (Å²) in [6, 6.07) is 19.8. The first kappa shape index (κ1) is 22.7. The van der Waals surface area contributed by atoms with Crippen LogP contribution >= 0.6 is 11.6 Å². The molecule has 2 aliphatic heterocycles. The second kappa shape index (κ2) is 10.4. The number of hydrogen-bond acceptors (Lipinski definition) is 5. The zero-order chi connectivity index (χ0) is 23.3. The van der Waals surface area contributed by atoms with Crippen LogP contribution in [0.4, 0.5) is 17.5 Å². The first-order valence-corrected chi connectivity index (χ1v) is 12.5. The molecule has 3 heterocycles. The molecule has 3 aromatic rings. The quantitative estimate of drug-likeness (QED) is 0.508. The number of carbonyl (C=O) groups is 1. The maximum Gasteiger partial charge on any atom is 0.274 e. The van der Waals surface area contributed by atoms with E-state index in [4.69, 9.17) is 21.6 Å². The molecule has 0 atom stereocenters. The topological polar surface area (TPSA) is 61.4 Å². The fraction of sp³-hybridized carbons (Fsp3) is 0.370. The number of halogens is 1. The van der Waals surface area contributed by atoms with Crippen LogP contribution in [-0.2, 0) is 0 Å². The molecular formula is C27H30ClN5O. The number of carbonyl (C=O) groups excluding carboxylic acids is 1. The number of piperidine rings is 2. The number of nitrogens with one attached hydrogen (secondary N) is 1. The maximum atomic E-state index is 13.2. The van der Waals surface area contributed by atoms with Gasteiger partial charge in [0.05, 0.1) is 10.7 Å². The molecule has 34 heavy (non-hydrogen) atoms. The van der Waals surface area contributed by atoms with Crippen molar-refractivity contribution in [3.8, 4) is 0 Å². The Kier molecular flexibility index (Phi) is 6.95. The van der Waals surface area contributed by atoms with Crippen LogP contribution in [0.1, 0.15) is 54.1 Å². The van der Waals surface area contributed by atoms with E-state index < -0.39 is 0 Å². The third-order valence-corrected chi connectivity index (χ3v) is 7.11. The van der Waals surface area contributed by atoms with E-state index in [-0.39, 0.29) is 5.91 Å². The highest BCUT2D eigenvalue weighted by molar-refractivity contribution is 6.33. The molecule has 6 nitrogen and oxygen atoms in total. The van der Waals surface area contributed by atoms with E-state index in [1.54, 1.807) is 12.1 Å². The SMILES string of the molecule is O=C(Nc1ccccc1Cl)c1cc(N2CCCCC2)nc(N2CCC(c3ccccc3)CC2)n1. The molecule has 0 aliphatic carbocycles. The second-order valence-corrected chi connectivity index (χ2v) is 9.47. The van der Waals surface area contributed by atoms with Crippen molar-refractivity contribution in [1.29, 1.82) is 0 Å². The minimum Gasteiger partial charge on any atom is -0.356 e. The third-order valence-electron chi connectivity index (χ3n) is 6.78. The van der Waals surface area contributed by atoms with Gasteiger partial charge in [-0.2, -0.15) is 4.98 Å². The fourth-order valence-electron chi connectivity index (χ4n) is 4.85. The summed E-state index contributed by atoms with van der Waals surface area (Å²) in [7, 11) is 0. The number of nitrogens with zero attached hydrogens (tertiary/aromatic N) is 4. The molecule has 5 rings (SSSR count). The molecule has 7 heteroatoms. The molecule has 2 aromatic carbocycles. The van der Waals surface area contributed by atoms with E-state index in [9.17, 15) is 4.79 Å². The van der Waals surface area contributed by atoms with E-state index in [0.717, 1.165) is 57.7 Å². The monoisotopic (exact) mass is 475 g/mol. The average Bonchev–Trinajstić information content (AvgIpc) is 2.91. The van der Waals surface area contributed by atoms with Gasteiger partial charge in [-0.3, -0.25) is 4.79 Å². The lowest BCUT2D eigenvalue weighted by Crippen LogP contribution is -2.36. The highest BCUT2D eigenvalue weighted by Crippen LogP contribution is 2.30. The van der Waals surface area contributed by atoms with Gasteiger partial charge in [0.25, 0.3) is 5.91 Å². The lowest BCUT2D eigenvalue weighted by Gasteiger charge is -2.33. The summed E-state index contributed by atoms with van der Waals surface area (Å²) in [5.74, 6) is 1.75. The highest BCUT2D eigenvalue weighted by Gasteiger charge is 2.25. The number of benzene rings is 2. The molecule has 0 radical (unpaired) electrons. The van der Waals surface area contributed by atoms with Gasteiger partial charge in [0, 0.05) is 32.2 Å². The maximum absolute atomic E-state index is 13.2. The Morgan fingerprint density at radius 3 is 2.29 bits per heavy atom. The van der Waals surface area contributed by atoms with Crippen LogP contribution in [0.15, 0.2) is 60.7 Å². The van der Waals surface area contributed by atoms with Gasteiger partial charge in [-0.15, -0.1) is 0 Å². The van der Waals surface area contributed by atoms with Crippen molar-refractivity contribution in [3.63, 3.8) is 0 Å². The van der Waals surface area contributed by atoms with Gasteiger partial charge in [0.2, 0.25) is 5.95 Å². The van der Waals surface area contributed by atoms with Crippen LogP contribution in [0.3, 0.4) is 0 Å². The van der Waals surface area contributed by atoms with E-state index >= 15 is 0 Å². The minimum atomic E-state index is -0.269. The zero-order valence-electron chi connectivity index (χ0n) is 19.3. The lowest BCUT2D eigenvalue weighted by molar-refractivity contribution is 0.102. The van der Waals surface area contributed by atoms with Crippen molar-refractivity contribution in [3.05, 3.63) is 76.9 Å². The van der Waals surface area contributed by atoms with Crippen molar-refractivity contribution in [1.82, 2.24) is 9.97 Å². The Bertz CT molecular complexity index is 1120. The number of anilines is 3. The van der Waals surface area contributed by atoms with Crippen LogP contribution in [-0.4, -0.2) is 42.1 Å². The molecule has 0 unspecified atom stereocenters. The Morgan fingerprint density at radius 1 is 0.853 bits per heavy atom. The van der Waals surface area contributed by atoms with Crippen LogP contribution in [0.25, 0.3) is 0 Å². The van der Waals surface area contributed by atoms with Crippen molar-refractivity contribution >= 4 is 35.0 Å². The number of hydrogen-bond donors (Lipinski definition) is 1. The van der Waals surface area contributed by atoms with E-state index in [0.29, 0.717) is 28.3 Å². The molecule has 0 saturated carbocycles. The summed E-state index contributed by atoms with van der Waals surface area (Å²) in [5, 5.41) is 3.42. The summed E-state index contributed by atoms with van der Waals surface area (Å²) < 4.78 is 0. The molecule has 2 fully saturated rings. The number of aromatic nitrogens is 2. The first-order chi connectivity index (χ1) is 16.7. The smallest absolute Gasteiger partial charge is 0.274 e. The summed E-state index contributed by atoms with van der Waals surface area (Å²) >= 11 is 6.26. The van der Waals surface area contributed by atoms with Gasteiger partial charge in [-0.1, -0.05) is 54.1 Å². The van der Waals surface area contributed by atoms with Gasteiger partial charge in [-0.25, -0.2) is 4.98 Å². The second-order valence-electron chi connectivity index (χ2n) is 9.07. The highest BCUT2D eigenvalue weighted by atomic mass is 35.5. The van der Waals surface area contributed by atoms with E-state index in [1.165, 1.54) is 12.0 Å². The van der Waals surface area contributed by atoms with Gasteiger partial charge in [0.1, 0.15) is 11.5 Å². The standard InChI is InChI=1S/C27H30ClN5O/c28-22-11-5-6-12-23(22)29-26(34)24-19-25(32-15-7-2-8-16-32)31-27(30-24)33-17-13-21(14-18-33)20-9-3-1-4-10-20/h1,3-6,9-12,19,21H,2,7-8,13-18H2,(H,29,34).